The molecule has 0 saturated heterocycles. The largest absolute Gasteiger partial charge is 0.453 e. The van der Waals surface area contributed by atoms with E-state index in [9.17, 15) is 9.36 Å². The zero-order valence-corrected chi connectivity index (χ0v) is 31.7. The van der Waals surface area contributed by atoms with E-state index in [0.29, 0.717) is 11.5 Å². The molecular weight excluding hydrogens is 605 g/mol. The predicted octanol–water partition coefficient (Wildman–Crippen LogP) is 11.7. The first-order chi connectivity index (χ1) is 21.6. The predicted molar refractivity (Wildman–Crippen MR) is 194 cm³/mol. The quantitative estimate of drug-likeness (QED) is 0.184. The molecule has 0 aromatic heterocycles. The third-order valence-electron chi connectivity index (χ3n) is 8.13. The first-order valence-electron chi connectivity index (χ1n) is 16.8. The molecule has 258 valence electrons. The van der Waals surface area contributed by atoms with Crippen molar-refractivity contribution >= 4 is 13.7 Å². The van der Waals surface area contributed by atoms with Crippen LogP contribution in [-0.2, 0) is 26.7 Å². The van der Waals surface area contributed by atoms with Crippen molar-refractivity contribution in [2.75, 3.05) is 0 Å². The van der Waals surface area contributed by atoms with Gasteiger partial charge in [-0.1, -0.05) is 138 Å². The van der Waals surface area contributed by atoms with E-state index in [-0.39, 0.29) is 34.2 Å². The van der Waals surface area contributed by atoms with Gasteiger partial charge in [0.1, 0.15) is 18.1 Å². The molecule has 0 aliphatic rings. The molecule has 3 aromatic rings. The van der Waals surface area contributed by atoms with Gasteiger partial charge >= 0.3 is 13.7 Å². The van der Waals surface area contributed by atoms with Crippen LogP contribution < -0.4 is 14.4 Å². The van der Waals surface area contributed by atoms with Crippen LogP contribution in [0.15, 0.2) is 78.9 Å². The van der Waals surface area contributed by atoms with Crippen LogP contribution in [0.1, 0.15) is 113 Å². The zero-order valence-electron chi connectivity index (χ0n) is 30.8. The molecule has 0 heterocycles. The Labute approximate surface area is 284 Å². The molecular formula is C40H58NO5P. The van der Waals surface area contributed by atoms with Crippen LogP contribution >= 0.6 is 7.60 Å². The fraction of sp³-hybridized carbons (Fsp3) is 0.525. The molecule has 0 aliphatic heterocycles. The van der Waals surface area contributed by atoms with Crippen LogP contribution in [0.4, 0.5) is 4.79 Å². The first kappa shape index (κ1) is 38.2. The van der Waals surface area contributed by atoms with Crippen molar-refractivity contribution in [3.8, 4) is 11.5 Å². The zero-order chi connectivity index (χ0) is 35.3. The Hall–Kier alpha value is -3.24. The van der Waals surface area contributed by atoms with Crippen molar-refractivity contribution in [3.05, 3.63) is 95.6 Å². The molecule has 0 bridgehead atoms. The maximum Gasteiger partial charge on any atom is 0.453 e. The molecule has 0 saturated carbocycles. The fourth-order valence-electron chi connectivity index (χ4n) is 6.71. The Bertz CT molecular complexity index is 1400. The van der Waals surface area contributed by atoms with Gasteiger partial charge in [0.25, 0.3) is 0 Å². The normalized spacial score (nSPS) is 13.6. The minimum absolute atomic E-state index is 0.0655. The van der Waals surface area contributed by atoms with E-state index in [4.69, 9.17) is 13.8 Å². The lowest BCUT2D eigenvalue weighted by Gasteiger charge is -2.33. The molecule has 1 N–H and O–H groups in total. The van der Waals surface area contributed by atoms with Crippen molar-refractivity contribution in [3.63, 3.8) is 0 Å². The third-order valence-corrected chi connectivity index (χ3v) is 10.5. The summed E-state index contributed by atoms with van der Waals surface area (Å²) < 4.78 is 33.0. The topological polar surface area (TPSA) is 73.9 Å². The number of hydrogen-bond acceptors (Lipinski definition) is 5. The number of hydrogen-bond donors (Lipinski definition) is 1. The van der Waals surface area contributed by atoms with Gasteiger partial charge in [-0.15, -0.1) is 0 Å². The Morgan fingerprint density at radius 3 is 1.43 bits per heavy atom. The minimum atomic E-state index is -4.07. The Morgan fingerprint density at radius 2 is 1.06 bits per heavy atom. The summed E-state index contributed by atoms with van der Waals surface area (Å²) in [6.45, 7) is 26.2. The molecule has 1 amide bonds. The van der Waals surface area contributed by atoms with Gasteiger partial charge in [0.15, 0.2) is 5.78 Å². The van der Waals surface area contributed by atoms with E-state index in [1.165, 1.54) is 0 Å². The molecule has 1 atom stereocenters. The van der Waals surface area contributed by atoms with E-state index in [1.807, 2.05) is 92.7 Å². The number of nitrogens with one attached hydrogen (secondary N) is 1. The van der Waals surface area contributed by atoms with Crippen molar-refractivity contribution < 1.29 is 23.1 Å². The van der Waals surface area contributed by atoms with Crippen molar-refractivity contribution in [1.29, 1.82) is 0 Å². The number of carbonyl (C=O) groups excluding carboxylic acids is 1. The summed E-state index contributed by atoms with van der Waals surface area (Å²) in [7, 11) is -4.07. The monoisotopic (exact) mass is 663 g/mol. The Balaban J connectivity index is 1.93. The SMILES string of the molecule is CC(C)C(NC(=O)OCc1ccccc1)P(=O)(Oc1ccc(C(C)(C)CC(C)(C)C)cc1)Oc1ccc(C(C)(C)CC(C)(C)C)cc1. The second kappa shape index (κ2) is 14.9. The summed E-state index contributed by atoms with van der Waals surface area (Å²) in [6, 6.07) is 24.8. The van der Waals surface area contributed by atoms with E-state index >= 15 is 0 Å². The molecule has 0 spiro atoms. The van der Waals surface area contributed by atoms with Gasteiger partial charge < -0.3 is 19.1 Å². The number of alkyl carbamates (subject to hydrolysis) is 1. The second-order valence-electron chi connectivity index (χ2n) is 16.9. The standard InChI is InChI=1S/C40H58NO5P/c1-29(2)35(41-36(42)44-26-30-16-14-13-15-17-30)47(43,45-33-22-18-31(19-23-33)39(9,10)27-37(3,4)5)46-34-24-20-32(21-25-34)40(11,12)28-38(6,7)8/h13-25,29,35H,26-28H2,1-12H3,(H,41,42). The fourth-order valence-corrected chi connectivity index (χ4v) is 8.80. The van der Waals surface area contributed by atoms with Gasteiger partial charge in [-0.2, -0.15) is 0 Å². The number of carbonyl (C=O) groups is 1. The molecule has 47 heavy (non-hydrogen) atoms. The summed E-state index contributed by atoms with van der Waals surface area (Å²) in [5.74, 6) is -0.492. The van der Waals surface area contributed by atoms with Crippen LogP contribution in [0.25, 0.3) is 0 Å². The highest BCUT2D eigenvalue weighted by Gasteiger charge is 2.43. The highest BCUT2D eigenvalue weighted by Crippen LogP contribution is 2.54. The van der Waals surface area contributed by atoms with Gasteiger partial charge in [0, 0.05) is 0 Å². The Kier molecular flexibility index (Phi) is 12.1. The summed E-state index contributed by atoms with van der Waals surface area (Å²) in [5.41, 5.74) is 3.35. The van der Waals surface area contributed by atoms with Crippen molar-refractivity contribution in [2.45, 2.75) is 119 Å². The van der Waals surface area contributed by atoms with Crippen molar-refractivity contribution in [1.82, 2.24) is 5.32 Å². The first-order valence-corrected chi connectivity index (χ1v) is 18.4. The Morgan fingerprint density at radius 1 is 0.660 bits per heavy atom. The molecule has 6 nitrogen and oxygen atoms in total. The average Bonchev–Trinajstić information content (AvgIpc) is 2.93. The van der Waals surface area contributed by atoms with Crippen LogP contribution in [0.3, 0.4) is 0 Å². The summed E-state index contributed by atoms with van der Waals surface area (Å²) in [5, 5.41) is 2.82. The lowest BCUT2D eigenvalue weighted by Crippen LogP contribution is -2.41. The highest BCUT2D eigenvalue weighted by molar-refractivity contribution is 7.55. The van der Waals surface area contributed by atoms with Gasteiger partial charge in [-0.25, -0.2) is 9.36 Å². The molecule has 3 rings (SSSR count). The molecule has 0 fully saturated rings. The van der Waals surface area contributed by atoms with Crippen molar-refractivity contribution in [2.24, 2.45) is 16.7 Å². The van der Waals surface area contributed by atoms with Gasteiger partial charge in [0.05, 0.1) is 0 Å². The highest BCUT2D eigenvalue weighted by atomic mass is 31.2. The van der Waals surface area contributed by atoms with Gasteiger partial charge in [0.2, 0.25) is 0 Å². The maximum absolute atomic E-state index is 14.9. The van der Waals surface area contributed by atoms with Gasteiger partial charge in [-0.05, 0) is 81.4 Å². The van der Waals surface area contributed by atoms with Crippen LogP contribution in [0.2, 0.25) is 0 Å². The van der Waals surface area contributed by atoms with E-state index < -0.39 is 19.5 Å². The minimum Gasteiger partial charge on any atom is -0.445 e. The molecule has 1 unspecified atom stereocenters. The summed E-state index contributed by atoms with van der Waals surface area (Å²) in [6.07, 6.45) is 1.29. The van der Waals surface area contributed by atoms with E-state index in [2.05, 4.69) is 74.6 Å². The second-order valence-corrected chi connectivity index (χ2v) is 18.9. The van der Waals surface area contributed by atoms with Crippen LogP contribution in [0.5, 0.6) is 11.5 Å². The summed E-state index contributed by atoms with van der Waals surface area (Å²) >= 11 is 0. The molecule has 7 heteroatoms. The number of ether oxygens (including phenoxy) is 1. The smallest absolute Gasteiger partial charge is 0.445 e. The lowest BCUT2D eigenvalue weighted by molar-refractivity contribution is 0.135. The third kappa shape index (κ3) is 11.7. The lowest BCUT2D eigenvalue weighted by atomic mass is 9.72. The number of benzene rings is 3. The van der Waals surface area contributed by atoms with E-state index in [1.54, 1.807) is 0 Å². The average molecular weight is 664 g/mol. The summed E-state index contributed by atoms with van der Waals surface area (Å²) in [4.78, 5) is 13.1. The molecule has 0 aliphatic carbocycles. The molecule has 3 aromatic carbocycles. The number of rotatable bonds is 13. The van der Waals surface area contributed by atoms with Crippen LogP contribution in [-0.4, -0.2) is 11.9 Å². The number of amides is 1. The van der Waals surface area contributed by atoms with Gasteiger partial charge in [-0.3, -0.25) is 0 Å². The van der Waals surface area contributed by atoms with Crippen LogP contribution in [0, 0.1) is 16.7 Å². The van der Waals surface area contributed by atoms with E-state index in [0.717, 1.165) is 29.5 Å². The maximum atomic E-state index is 14.9. The molecule has 0 radical (unpaired) electrons.